The van der Waals surface area contributed by atoms with Crippen LogP contribution in [0.15, 0.2) is 108 Å². The van der Waals surface area contributed by atoms with E-state index in [9.17, 15) is 0 Å². The third-order valence-corrected chi connectivity index (χ3v) is 4.03. The zero-order chi connectivity index (χ0) is 17.6. The van der Waals surface area contributed by atoms with Crippen LogP contribution in [0.4, 0.5) is 11.4 Å². The summed E-state index contributed by atoms with van der Waals surface area (Å²) in [7, 11) is 0. The van der Waals surface area contributed by atoms with Gasteiger partial charge in [-0.05, 0) is 59.2 Å². The van der Waals surface area contributed by atoms with Gasteiger partial charge in [0.25, 0.3) is 0 Å². The van der Waals surface area contributed by atoms with E-state index in [1.165, 1.54) is 0 Å². The van der Waals surface area contributed by atoms with Gasteiger partial charge in [0.1, 0.15) is 0 Å². The number of azo groups is 1. The van der Waals surface area contributed by atoms with E-state index < -0.39 is 0 Å². The molecule has 2 heterocycles. The smallest absolute Gasteiger partial charge is 0.0941 e. The normalized spacial score (nSPS) is 10.9. The molecule has 4 heteroatoms. The summed E-state index contributed by atoms with van der Waals surface area (Å²) in [6.45, 7) is 0. The summed E-state index contributed by atoms with van der Waals surface area (Å²) in [6, 6.07) is 23.9. The Balaban J connectivity index is 1.80. The van der Waals surface area contributed by atoms with Crippen LogP contribution >= 0.6 is 0 Å². The monoisotopic (exact) mass is 336 g/mol. The lowest BCUT2D eigenvalue weighted by Crippen LogP contribution is -1.83. The van der Waals surface area contributed by atoms with Crippen LogP contribution in [0, 0.1) is 0 Å². The van der Waals surface area contributed by atoms with Gasteiger partial charge in [0, 0.05) is 30.4 Å². The van der Waals surface area contributed by atoms with Crippen molar-refractivity contribution in [3.05, 3.63) is 97.6 Å². The molecule has 0 unspecified atom stereocenters. The van der Waals surface area contributed by atoms with Gasteiger partial charge in [0.2, 0.25) is 0 Å². The lowest BCUT2D eigenvalue weighted by molar-refractivity contribution is 1.23. The highest BCUT2D eigenvalue weighted by Crippen LogP contribution is 2.35. The summed E-state index contributed by atoms with van der Waals surface area (Å²) in [5.74, 6) is 0. The number of hydrogen-bond acceptors (Lipinski definition) is 4. The van der Waals surface area contributed by atoms with E-state index in [4.69, 9.17) is 0 Å². The maximum absolute atomic E-state index is 4.53. The van der Waals surface area contributed by atoms with E-state index in [1.54, 1.807) is 24.8 Å². The Labute approximate surface area is 151 Å². The minimum absolute atomic E-state index is 0.814. The molecule has 0 atom stereocenters. The van der Waals surface area contributed by atoms with Crippen molar-refractivity contribution in [2.45, 2.75) is 0 Å². The molecule has 26 heavy (non-hydrogen) atoms. The third kappa shape index (κ3) is 3.54. The maximum Gasteiger partial charge on any atom is 0.0941 e. The Morgan fingerprint density at radius 3 is 1.88 bits per heavy atom. The molecule has 0 spiro atoms. The molecule has 0 aliphatic carbocycles. The zero-order valence-corrected chi connectivity index (χ0v) is 14.0. The summed E-state index contributed by atoms with van der Waals surface area (Å²) >= 11 is 0. The summed E-state index contributed by atoms with van der Waals surface area (Å²) in [5.41, 5.74) is 5.88. The molecule has 4 aromatic rings. The van der Waals surface area contributed by atoms with Crippen LogP contribution < -0.4 is 0 Å². The molecule has 0 amide bonds. The molecule has 0 fully saturated rings. The molecule has 0 radical (unpaired) electrons. The highest BCUT2D eigenvalue weighted by Gasteiger charge is 2.08. The molecule has 124 valence electrons. The van der Waals surface area contributed by atoms with Gasteiger partial charge in [-0.15, -0.1) is 5.11 Å². The summed E-state index contributed by atoms with van der Waals surface area (Å²) in [5, 5.41) is 8.92. The first-order valence-electron chi connectivity index (χ1n) is 8.32. The quantitative estimate of drug-likeness (QED) is 0.415. The number of pyridine rings is 2. The minimum Gasteiger partial charge on any atom is -0.265 e. The Bertz CT molecular complexity index is 1010. The van der Waals surface area contributed by atoms with Crippen LogP contribution in [0.5, 0.6) is 0 Å². The third-order valence-electron chi connectivity index (χ3n) is 4.03. The molecular weight excluding hydrogens is 320 g/mol. The predicted molar refractivity (Wildman–Crippen MR) is 104 cm³/mol. The highest BCUT2D eigenvalue weighted by atomic mass is 15.1. The topological polar surface area (TPSA) is 50.5 Å². The van der Waals surface area contributed by atoms with Gasteiger partial charge in [-0.2, -0.15) is 5.11 Å². The van der Waals surface area contributed by atoms with Gasteiger partial charge in [-0.3, -0.25) is 9.97 Å². The van der Waals surface area contributed by atoms with Crippen LogP contribution in [-0.4, -0.2) is 9.97 Å². The lowest BCUT2D eigenvalue weighted by atomic mass is 9.99. The second-order valence-corrected chi connectivity index (χ2v) is 5.74. The first-order valence-corrected chi connectivity index (χ1v) is 8.32. The van der Waals surface area contributed by atoms with Crippen LogP contribution in [0.3, 0.4) is 0 Å². The lowest BCUT2D eigenvalue weighted by Gasteiger charge is -2.08. The van der Waals surface area contributed by atoms with Gasteiger partial charge < -0.3 is 0 Å². The molecule has 0 bridgehead atoms. The first kappa shape index (κ1) is 15.8. The van der Waals surface area contributed by atoms with Crippen molar-refractivity contribution in [1.82, 2.24) is 9.97 Å². The maximum atomic E-state index is 4.53. The molecule has 0 N–H and O–H groups in total. The van der Waals surface area contributed by atoms with Crippen LogP contribution in [0.2, 0.25) is 0 Å². The molecule has 0 aliphatic rings. The fourth-order valence-corrected chi connectivity index (χ4v) is 2.72. The second kappa shape index (κ2) is 7.49. The van der Waals surface area contributed by atoms with Crippen molar-refractivity contribution < 1.29 is 0 Å². The van der Waals surface area contributed by atoms with Crippen molar-refractivity contribution in [2.75, 3.05) is 0 Å². The molecule has 0 aliphatic heterocycles. The van der Waals surface area contributed by atoms with Crippen molar-refractivity contribution in [3.8, 4) is 22.3 Å². The molecule has 0 saturated carbocycles. The average Bonchev–Trinajstić information content (AvgIpc) is 2.74. The van der Waals surface area contributed by atoms with Gasteiger partial charge in [-0.1, -0.05) is 30.3 Å². The Morgan fingerprint density at radius 2 is 1.19 bits per heavy atom. The van der Waals surface area contributed by atoms with Crippen molar-refractivity contribution in [2.24, 2.45) is 10.2 Å². The fraction of sp³-hybridized carbons (Fsp3) is 0. The Morgan fingerprint density at radius 1 is 0.538 bits per heavy atom. The van der Waals surface area contributed by atoms with E-state index in [-0.39, 0.29) is 0 Å². The van der Waals surface area contributed by atoms with E-state index >= 15 is 0 Å². The minimum atomic E-state index is 0.814. The molecule has 4 nitrogen and oxygen atoms in total. The Hall–Kier alpha value is -3.66. The molecular formula is C22H16N4. The summed E-state index contributed by atoms with van der Waals surface area (Å²) < 4.78 is 0. The molecule has 0 saturated heterocycles. The van der Waals surface area contributed by atoms with Gasteiger partial charge in [-0.25, -0.2) is 0 Å². The zero-order valence-electron chi connectivity index (χ0n) is 14.0. The van der Waals surface area contributed by atoms with E-state index in [0.29, 0.717) is 0 Å². The van der Waals surface area contributed by atoms with Crippen molar-refractivity contribution >= 4 is 11.4 Å². The first-order chi connectivity index (χ1) is 12.9. The van der Waals surface area contributed by atoms with Crippen LogP contribution in [0.25, 0.3) is 22.3 Å². The predicted octanol–water partition coefficient (Wildman–Crippen LogP) is 6.23. The largest absolute Gasteiger partial charge is 0.265 e. The average molecular weight is 336 g/mol. The summed E-state index contributed by atoms with van der Waals surface area (Å²) in [4.78, 5) is 8.18. The van der Waals surface area contributed by atoms with Crippen molar-refractivity contribution in [1.29, 1.82) is 0 Å². The van der Waals surface area contributed by atoms with Crippen LogP contribution in [-0.2, 0) is 0 Å². The van der Waals surface area contributed by atoms with E-state index in [0.717, 1.165) is 33.6 Å². The number of benzene rings is 2. The van der Waals surface area contributed by atoms with E-state index in [2.05, 4.69) is 38.4 Å². The number of rotatable bonds is 4. The number of aromatic nitrogens is 2. The Kier molecular flexibility index (Phi) is 4.56. The second-order valence-electron chi connectivity index (χ2n) is 5.74. The highest BCUT2D eigenvalue weighted by molar-refractivity contribution is 5.80. The van der Waals surface area contributed by atoms with Gasteiger partial charge >= 0.3 is 0 Å². The SMILES string of the molecule is c1ccc(/N=N/c2cc(-c3ccncc3)ccc2-c2ccncc2)cc1. The molecule has 2 aromatic heterocycles. The van der Waals surface area contributed by atoms with Crippen molar-refractivity contribution in [3.63, 3.8) is 0 Å². The fourth-order valence-electron chi connectivity index (χ4n) is 2.72. The van der Waals surface area contributed by atoms with Gasteiger partial charge in [0.15, 0.2) is 0 Å². The standard InChI is InChI=1S/C22H16N4/c1-2-4-20(5-3-1)25-26-22-16-19(17-8-12-23-13-9-17)6-7-21(22)18-10-14-24-15-11-18/h1-16H/b26-25+. The van der Waals surface area contributed by atoms with E-state index in [1.807, 2.05) is 54.6 Å². The molecule has 4 rings (SSSR count). The van der Waals surface area contributed by atoms with Crippen LogP contribution in [0.1, 0.15) is 0 Å². The van der Waals surface area contributed by atoms with Gasteiger partial charge in [0.05, 0.1) is 11.4 Å². The number of hydrogen-bond donors (Lipinski definition) is 0. The molecule has 2 aromatic carbocycles. The number of nitrogens with zero attached hydrogens (tertiary/aromatic N) is 4. The summed E-state index contributed by atoms with van der Waals surface area (Å²) in [6.07, 6.45) is 7.14.